The molecule has 0 spiro atoms. The van der Waals surface area contributed by atoms with Gasteiger partial charge < -0.3 is 9.72 Å². The quantitative estimate of drug-likeness (QED) is 0.402. The summed E-state index contributed by atoms with van der Waals surface area (Å²) in [5.74, 6) is 0.862. The number of hydrogen-bond donors (Lipinski definition) is 1. The molecule has 0 fully saturated rings. The number of halogens is 1. The Hall–Kier alpha value is -2.92. The molecule has 0 saturated carbocycles. The average Bonchev–Trinajstić information content (AvgIpc) is 2.67. The summed E-state index contributed by atoms with van der Waals surface area (Å²) in [5.41, 5.74) is 3.58. The number of H-pyrrole nitrogens is 1. The smallest absolute Gasteiger partial charge is 0.258 e. The maximum atomic E-state index is 12.7. The van der Waals surface area contributed by atoms with Gasteiger partial charge in [0.15, 0.2) is 0 Å². The predicted octanol–water partition coefficient (Wildman–Crippen LogP) is 5.28. The summed E-state index contributed by atoms with van der Waals surface area (Å²) in [4.78, 5) is 19.7. The molecule has 0 saturated heterocycles. The van der Waals surface area contributed by atoms with E-state index in [1.54, 1.807) is 0 Å². The summed E-state index contributed by atoms with van der Waals surface area (Å²) < 4.78 is 7.04. The van der Waals surface area contributed by atoms with Crippen molar-refractivity contribution < 1.29 is 4.74 Å². The van der Waals surface area contributed by atoms with Crippen LogP contribution in [0.3, 0.4) is 0 Å². The van der Waals surface area contributed by atoms with E-state index in [0.717, 1.165) is 32.1 Å². The lowest BCUT2D eigenvalue weighted by Gasteiger charge is -2.28. The molecule has 4 nitrogen and oxygen atoms in total. The first-order chi connectivity index (χ1) is 13.1. The highest BCUT2D eigenvalue weighted by molar-refractivity contribution is 9.10. The molecule has 1 atom stereocenters. The molecule has 0 amide bonds. The molecule has 1 aliphatic heterocycles. The van der Waals surface area contributed by atoms with Crippen LogP contribution in [0, 0.1) is 6.92 Å². The van der Waals surface area contributed by atoms with Gasteiger partial charge in [-0.2, -0.15) is 0 Å². The maximum absolute atomic E-state index is 12.7. The van der Waals surface area contributed by atoms with E-state index < -0.39 is 0 Å². The Morgan fingerprint density at radius 1 is 1.04 bits per heavy atom. The number of benzene rings is 3. The van der Waals surface area contributed by atoms with Crippen molar-refractivity contribution in [3.63, 3.8) is 0 Å². The highest BCUT2D eigenvalue weighted by Crippen LogP contribution is 2.48. The third kappa shape index (κ3) is 2.58. The third-order valence-corrected chi connectivity index (χ3v) is 5.52. The first kappa shape index (κ1) is 16.3. The van der Waals surface area contributed by atoms with Gasteiger partial charge in [0.1, 0.15) is 5.75 Å². The zero-order valence-electron chi connectivity index (χ0n) is 14.5. The second-order valence-corrected chi connectivity index (χ2v) is 7.65. The molecular weight excluding hydrogens is 404 g/mol. The molecule has 1 N–H and O–H groups in total. The van der Waals surface area contributed by atoms with Gasteiger partial charge in [0.2, 0.25) is 5.88 Å². The number of fused-ring (bicyclic) bond motifs is 4. The first-order valence-corrected chi connectivity index (χ1v) is 9.45. The number of aromatic nitrogens is 2. The van der Waals surface area contributed by atoms with Gasteiger partial charge in [0.05, 0.1) is 11.9 Å². The van der Waals surface area contributed by atoms with Crippen LogP contribution in [-0.4, -0.2) is 9.97 Å². The van der Waals surface area contributed by atoms with Gasteiger partial charge in [-0.05, 0) is 41.5 Å². The molecule has 1 unspecified atom stereocenters. The molecular formula is C22H15BrN2O2. The highest BCUT2D eigenvalue weighted by Gasteiger charge is 2.33. The lowest BCUT2D eigenvalue weighted by atomic mass is 9.81. The Kier molecular flexibility index (Phi) is 3.65. The van der Waals surface area contributed by atoms with Gasteiger partial charge in [-0.25, -0.2) is 4.98 Å². The molecule has 0 aliphatic carbocycles. The average molecular weight is 419 g/mol. The largest absolute Gasteiger partial charge is 0.438 e. The SMILES string of the molecule is Cc1ccc(C2c3c(nc[nH]c3=O)Oc3ccc4cc(Br)ccc4c32)cc1. The van der Waals surface area contributed by atoms with Gasteiger partial charge in [0.25, 0.3) is 5.56 Å². The fourth-order valence-electron chi connectivity index (χ4n) is 3.76. The van der Waals surface area contributed by atoms with Gasteiger partial charge in [-0.1, -0.05) is 57.9 Å². The Balaban J connectivity index is 1.88. The number of nitrogens with one attached hydrogen (secondary N) is 1. The number of rotatable bonds is 1. The van der Waals surface area contributed by atoms with Crippen LogP contribution in [0.1, 0.15) is 28.2 Å². The zero-order valence-corrected chi connectivity index (χ0v) is 16.1. The lowest BCUT2D eigenvalue weighted by Crippen LogP contribution is -2.23. The monoisotopic (exact) mass is 418 g/mol. The van der Waals surface area contributed by atoms with Crippen molar-refractivity contribution in [1.29, 1.82) is 0 Å². The van der Waals surface area contributed by atoms with E-state index in [9.17, 15) is 4.79 Å². The van der Waals surface area contributed by atoms with Gasteiger partial charge in [-0.3, -0.25) is 4.79 Å². The number of aromatic amines is 1. The molecule has 0 radical (unpaired) electrons. The van der Waals surface area contributed by atoms with Gasteiger partial charge >= 0.3 is 0 Å². The van der Waals surface area contributed by atoms with Crippen molar-refractivity contribution in [2.24, 2.45) is 0 Å². The molecule has 4 aromatic rings. The van der Waals surface area contributed by atoms with Crippen LogP contribution in [0.2, 0.25) is 0 Å². The van der Waals surface area contributed by atoms with E-state index in [4.69, 9.17) is 4.74 Å². The molecule has 132 valence electrons. The van der Waals surface area contributed by atoms with Gasteiger partial charge in [-0.15, -0.1) is 0 Å². The molecule has 1 aromatic heterocycles. The van der Waals surface area contributed by atoms with Crippen molar-refractivity contribution >= 4 is 26.7 Å². The second-order valence-electron chi connectivity index (χ2n) is 6.74. The van der Waals surface area contributed by atoms with E-state index in [1.807, 2.05) is 18.2 Å². The van der Waals surface area contributed by atoms with Crippen LogP contribution in [0.4, 0.5) is 0 Å². The van der Waals surface area contributed by atoms with E-state index in [2.05, 4.69) is 69.2 Å². The van der Waals surface area contributed by atoms with Crippen LogP contribution in [0.25, 0.3) is 10.8 Å². The van der Waals surface area contributed by atoms with E-state index in [0.29, 0.717) is 11.4 Å². The molecule has 3 aromatic carbocycles. The fraction of sp³-hybridized carbons (Fsp3) is 0.0909. The summed E-state index contributed by atoms with van der Waals surface area (Å²) in [6.07, 6.45) is 1.39. The minimum atomic E-state index is -0.244. The van der Waals surface area contributed by atoms with Crippen LogP contribution >= 0.6 is 15.9 Å². The maximum Gasteiger partial charge on any atom is 0.258 e. The van der Waals surface area contributed by atoms with Crippen molar-refractivity contribution in [1.82, 2.24) is 9.97 Å². The summed E-state index contributed by atoms with van der Waals surface area (Å²) in [5, 5.41) is 2.16. The fourth-order valence-corrected chi connectivity index (χ4v) is 4.14. The summed E-state index contributed by atoms with van der Waals surface area (Å²) in [7, 11) is 0. The Bertz CT molecular complexity index is 1250. The highest BCUT2D eigenvalue weighted by atomic mass is 79.9. The van der Waals surface area contributed by atoms with Crippen molar-refractivity contribution in [3.05, 3.63) is 98.0 Å². The van der Waals surface area contributed by atoms with Crippen LogP contribution in [0.15, 0.2) is 70.2 Å². The summed E-state index contributed by atoms with van der Waals surface area (Å²) in [6, 6.07) is 18.4. The molecule has 27 heavy (non-hydrogen) atoms. The standard InChI is InChI=1S/C22H15BrN2O2/c1-12-2-4-13(5-3-12)18-19-16-8-7-15(23)10-14(16)6-9-17(19)27-22-20(18)21(26)24-11-25-22/h2-11,18H,1H3,(H,24,25,26). The van der Waals surface area contributed by atoms with Crippen molar-refractivity contribution in [2.75, 3.05) is 0 Å². The van der Waals surface area contributed by atoms with Crippen LogP contribution < -0.4 is 10.3 Å². The molecule has 5 rings (SSSR count). The predicted molar refractivity (Wildman–Crippen MR) is 109 cm³/mol. The molecule has 0 bridgehead atoms. The first-order valence-electron chi connectivity index (χ1n) is 8.66. The summed E-state index contributed by atoms with van der Waals surface area (Å²) in [6.45, 7) is 2.05. The number of ether oxygens (including phenoxy) is 1. The summed E-state index contributed by atoms with van der Waals surface area (Å²) >= 11 is 3.54. The molecule has 5 heteroatoms. The van der Waals surface area contributed by atoms with E-state index in [1.165, 1.54) is 11.9 Å². The second kappa shape index (κ2) is 6.06. The van der Waals surface area contributed by atoms with Crippen molar-refractivity contribution in [3.8, 4) is 11.6 Å². The van der Waals surface area contributed by atoms with Gasteiger partial charge in [0, 0.05) is 16.0 Å². The minimum Gasteiger partial charge on any atom is -0.438 e. The van der Waals surface area contributed by atoms with E-state index >= 15 is 0 Å². The minimum absolute atomic E-state index is 0.176. The molecule has 1 aliphatic rings. The third-order valence-electron chi connectivity index (χ3n) is 5.03. The number of hydrogen-bond acceptors (Lipinski definition) is 3. The topological polar surface area (TPSA) is 55.0 Å². The normalized spacial score (nSPS) is 15.1. The number of aryl methyl sites for hydroxylation is 1. The number of nitrogens with zero attached hydrogens (tertiary/aromatic N) is 1. The van der Waals surface area contributed by atoms with E-state index in [-0.39, 0.29) is 11.5 Å². The lowest BCUT2D eigenvalue weighted by molar-refractivity contribution is 0.431. The van der Waals surface area contributed by atoms with Crippen LogP contribution in [-0.2, 0) is 0 Å². The Morgan fingerprint density at radius 2 is 1.85 bits per heavy atom. The van der Waals surface area contributed by atoms with Crippen molar-refractivity contribution in [2.45, 2.75) is 12.8 Å². The molecule has 2 heterocycles. The zero-order chi connectivity index (χ0) is 18.5. The Labute approximate surface area is 164 Å². The van der Waals surface area contributed by atoms with Crippen LogP contribution in [0.5, 0.6) is 11.6 Å². The Morgan fingerprint density at radius 3 is 2.67 bits per heavy atom.